The number of ether oxygens (including phenoxy) is 1. The molecule has 0 spiro atoms. The maximum Gasteiger partial charge on any atom is 0.121 e. The summed E-state index contributed by atoms with van der Waals surface area (Å²) in [5.41, 5.74) is 1.13. The van der Waals surface area contributed by atoms with Crippen molar-refractivity contribution >= 4 is 5.69 Å². The van der Waals surface area contributed by atoms with Crippen molar-refractivity contribution < 1.29 is 4.74 Å². The molecule has 1 rings (SSSR count). The van der Waals surface area contributed by atoms with E-state index in [-0.39, 0.29) is 0 Å². The van der Waals surface area contributed by atoms with Crippen molar-refractivity contribution in [3.63, 3.8) is 0 Å². The van der Waals surface area contributed by atoms with Crippen LogP contribution in [-0.4, -0.2) is 12.6 Å². The van der Waals surface area contributed by atoms with Crippen LogP contribution in [0.1, 0.15) is 27.2 Å². The lowest BCUT2D eigenvalue weighted by molar-refractivity contribution is 0.340. The molecular formula is C12H19NO. The van der Waals surface area contributed by atoms with Gasteiger partial charge in [0.25, 0.3) is 0 Å². The van der Waals surface area contributed by atoms with E-state index in [1.54, 1.807) is 0 Å². The summed E-state index contributed by atoms with van der Waals surface area (Å²) in [6.45, 7) is 7.05. The second-order valence-corrected chi connectivity index (χ2v) is 3.41. The number of hydrogen-bond acceptors (Lipinski definition) is 2. The van der Waals surface area contributed by atoms with Gasteiger partial charge in [-0.2, -0.15) is 0 Å². The molecule has 0 saturated carbocycles. The van der Waals surface area contributed by atoms with Crippen LogP contribution in [0.5, 0.6) is 5.75 Å². The van der Waals surface area contributed by atoms with Gasteiger partial charge >= 0.3 is 0 Å². The van der Waals surface area contributed by atoms with Crippen molar-refractivity contribution in [2.24, 2.45) is 0 Å². The molecule has 14 heavy (non-hydrogen) atoms. The van der Waals surface area contributed by atoms with Gasteiger partial charge in [0.1, 0.15) is 5.75 Å². The average Bonchev–Trinajstić information content (AvgIpc) is 2.19. The Morgan fingerprint density at radius 1 is 1.36 bits per heavy atom. The highest BCUT2D eigenvalue weighted by Gasteiger charge is 1.99. The fourth-order valence-electron chi connectivity index (χ4n) is 1.23. The minimum Gasteiger partial charge on any atom is -0.494 e. The molecule has 0 heterocycles. The zero-order valence-corrected chi connectivity index (χ0v) is 9.21. The molecule has 0 aliphatic rings. The fraction of sp³-hybridized carbons (Fsp3) is 0.500. The SMILES string of the molecule is CCOc1cccc(N[C@H](C)CC)c1. The average molecular weight is 193 g/mol. The van der Waals surface area contributed by atoms with E-state index in [1.807, 2.05) is 25.1 Å². The Balaban J connectivity index is 2.63. The first-order valence-electron chi connectivity index (χ1n) is 5.25. The fourth-order valence-corrected chi connectivity index (χ4v) is 1.23. The van der Waals surface area contributed by atoms with Crippen molar-refractivity contribution in [3.8, 4) is 5.75 Å². The molecule has 1 N–H and O–H groups in total. The van der Waals surface area contributed by atoms with Crippen LogP contribution in [0, 0.1) is 0 Å². The Bertz CT molecular complexity index is 273. The van der Waals surface area contributed by atoms with Crippen molar-refractivity contribution in [3.05, 3.63) is 24.3 Å². The number of anilines is 1. The first-order chi connectivity index (χ1) is 6.76. The Kier molecular flexibility index (Phi) is 4.30. The van der Waals surface area contributed by atoms with Crippen LogP contribution < -0.4 is 10.1 Å². The van der Waals surface area contributed by atoms with Gasteiger partial charge in [0, 0.05) is 17.8 Å². The van der Waals surface area contributed by atoms with Crippen LogP contribution in [0.4, 0.5) is 5.69 Å². The van der Waals surface area contributed by atoms with Crippen molar-refractivity contribution in [1.29, 1.82) is 0 Å². The highest BCUT2D eigenvalue weighted by molar-refractivity contribution is 5.48. The van der Waals surface area contributed by atoms with E-state index in [1.165, 1.54) is 0 Å². The molecular weight excluding hydrogens is 174 g/mol. The summed E-state index contributed by atoms with van der Waals surface area (Å²) >= 11 is 0. The van der Waals surface area contributed by atoms with Gasteiger partial charge in [-0.05, 0) is 32.4 Å². The standard InChI is InChI=1S/C12H19NO/c1-4-10(3)13-11-7-6-8-12(9-11)14-5-2/h6-10,13H,4-5H2,1-3H3/t10-/m1/s1. The smallest absolute Gasteiger partial charge is 0.121 e. The van der Waals surface area contributed by atoms with E-state index in [0.29, 0.717) is 12.6 Å². The summed E-state index contributed by atoms with van der Waals surface area (Å²) < 4.78 is 5.42. The molecule has 0 aliphatic carbocycles. The monoisotopic (exact) mass is 193 g/mol. The molecule has 1 aromatic carbocycles. The van der Waals surface area contributed by atoms with Gasteiger partial charge in [0.05, 0.1) is 6.61 Å². The Labute approximate surface area is 86.3 Å². The summed E-state index contributed by atoms with van der Waals surface area (Å²) in [6, 6.07) is 8.59. The molecule has 2 nitrogen and oxygen atoms in total. The van der Waals surface area contributed by atoms with Gasteiger partial charge in [-0.1, -0.05) is 13.0 Å². The topological polar surface area (TPSA) is 21.3 Å². The third-order valence-electron chi connectivity index (χ3n) is 2.17. The maximum absolute atomic E-state index is 5.42. The molecule has 0 amide bonds. The first kappa shape index (κ1) is 10.9. The van der Waals surface area contributed by atoms with Crippen LogP contribution in [0.2, 0.25) is 0 Å². The largest absolute Gasteiger partial charge is 0.494 e. The van der Waals surface area contributed by atoms with E-state index in [4.69, 9.17) is 4.74 Å². The van der Waals surface area contributed by atoms with Crippen LogP contribution in [0.15, 0.2) is 24.3 Å². The zero-order valence-electron chi connectivity index (χ0n) is 9.21. The summed E-state index contributed by atoms with van der Waals surface area (Å²) in [7, 11) is 0. The van der Waals surface area contributed by atoms with Gasteiger partial charge in [-0.15, -0.1) is 0 Å². The molecule has 78 valence electrons. The Morgan fingerprint density at radius 2 is 2.14 bits per heavy atom. The van der Waals surface area contributed by atoms with Crippen molar-refractivity contribution in [2.75, 3.05) is 11.9 Å². The molecule has 0 unspecified atom stereocenters. The molecule has 0 aliphatic heterocycles. The zero-order chi connectivity index (χ0) is 10.4. The molecule has 1 aromatic rings. The lowest BCUT2D eigenvalue weighted by Crippen LogP contribution is -2.13. The van der Waals surface area contributed by atoms with E-state index >= 15 is 0 Å². The summed E-state index contributed by atoms with van der Waals surface area (Å²) in [5.74, 6) is 0.931. The van der Waals surface area contributed by atoms with Gasteiger partial charge in [0.2, 0.25) is 0 Å². The van der Waals surface area contributed by atoms with Crippen LogP contribution >= 0.6 is 0 Å². The van der Waals surface area contributed by atoms with Crippen molar-refractivity contribution in [1.82, 2.24) is 0 Å². The molecule has 2 heteroatoms. The van der Waals surface area contributed by atoms with Crippen LogP contribution in [0.3, 0.4) is 0 Å². The maximum atomic E-state index is 5.42. The first-order valence-corrected chi connectivity index (χ1v) is 5.25. The van der Waals surface area contributed by atoms with Crippen LogP contribution in [-0.2, 0) is 0 Å². The number of benzene rings is 1. The third kappa shape index (κ3) is 3.29. The quantitative estimate of drug-likeness (QED) is 0.774. The van der Waals surface area contributed by atoms with Crippen molar-refractivity contribution in [2.45, 2.75) is 33.2 Å². The van der Waals surface area contributed by atoms with E-state index in [9.17, 15) is 0 Å². The summed E-state index contributed by atoms with van der Waals surface area (Å²) in [4.78, 5) is 0. The molecule has 0 aromatic heterocycles. The normalized spacial score (nSPS) is 12.2. The lowest BCUT2D eigenvalue weighted by atomic mass is 10.2. The second kappa shape index (κ2) is 5.53. The lowest BCUT2D eigenvalue weighted by Gasteiger charge is -2.13. The minimum atomic E-state index is 0.506. The molecule has 1 atom stereocenters. The van der Waals surface area contributed by atoms with E-state index in [2.05, 4.69) is 25.2 Å². The highest BCUT2D eigenvalue weighted by atomic mass is 16.5. The van der Waals surface area contributed by atoms with E-state index < -0.39 is 0 Å². The van der Waals surface area contributed by atoms with Gasteiger partial charge in [-0.3, -0.25) is 0 Å². The number of hydrogen-bond donors (Lipinski definition) is 1. The second-order valence-electron chi connectivity index (χ2n) is 3.41. The van der Waals surface area contributed by atoms with Gasteiger partial charge in [-0.25, -0.2) is 0 Å². The van der Waals surface area contributed by atoms with Gasteiger partial charge in [0.15, 0.2) is 0 Å². The molecule has 0 bridgehead atoms. The summed E-state index contributed by atoms with van der Waals surface area (Å²) in [6.07, 6.45) is 1.12. The van der Waals surface area contributed by atoms with Gasteiger partial charge < -0.3 is 10.1 Å². The minimum absolute atomic E-state index is 0.506. The van der Waals surface area contributed by atoms with Crippen LogP contribution in [0.25, 0.3) is 0 Å². The Morgan fingerprint density at radius 3 is 2.79 bits per heavy atom. The molecule has 0 radical (unpaired) electrons. The Hall–Kier alpha value is -1.18. The number of rotatable bonds is 5. The summed E-state index contributed by atoms with van der Waals surface area (Å²) in [5, 5.41) is 3.41. The van der Waals surface area contributed by atoms with E-state index in [0.717, 1.165) is 17.9 Å². The third-order valence-corrected chi connectivity index (χ3v) is 2.17. The molecule has 0 fully saturated rings. The number of nitrogens with one attached hydrogen (secondary N) is 1. The predicted molar refractivity (Wildman–Crippen MR) is 61.0 cm³/mol. The highest BCUT2D eigenvalue weighted by Crippen LogP contribution is 2.18. The predicted octanol–water partition coefficient (Wildman–Crippen LogP) is 3.30. The molecule has 0 saturated heterocycles.